The summed E-state index contributed by atoms with van der Waals surface area (Å²) in [5.41, 5.74) is 3.42. The largest absolute Gasteiger partial charge is 0.390 e. The lowest BCUT2D eigenvalue weighted by molar-refractivity contribution is 0.277. The van der Waals surface area contributed by atoms with Crippen LogP contribution in [0.5, 0.6) is 0 Å². The number of H-pyrrole nitrogens is 1. The molecular weight excluding hydrogens is 444 g/mol. The Morgan fingerprint density at radius 3 is 2.81 bits per heavy atom. The molecule has 0 saturated carbocycles. The number of aromatic nitrogens is 6. The van der Waals surface area contributed by atoms with Gasteiger partial charge in [-0.25, -0.2) is 10.1 Å². The molecule has 0 aliphatic heterocycles. The average Bonchev–Trinajstić information content (AvgIpc) is 3.56. The van der Waals surface area contributed by atoms with Crippen molar-refractivity contribution >= 4 is 34.6 Å². The molecule has 166 valence electrons. The lowest BCUT2D eigenvalue weighted by Gasteiger charge is -2.13. The van der Waals surface area contributed by atoms with Crippen LogP contribution in [-0.2, 0) is 26.0 Å². The number of hydrogen-bond acceptors (Lipinski definition) is 6. The summed E-state index contributed by atoms with van der Waals surface area (Å²) in [6.07, 6.45) is 5.60. The van der Waals surface area contributed by atoms with E-state index in [1.807, 2.05) is 36.4 Å². The van der Waals surface area contributed by atoms with E-state index in [2.05, 4.69) is 43.6 Å². The molecule has 0 atom stereocenters. The van der Waals surface area contributed by atoms with E-state index >= 15 is 0 Å². The fraction of sp³-hybridized carbons (Fsp3) is 0.304. The minimum Gasteiger partial charge on any atom is -0.390 e. The normalized spacial score (nSPS) is 11.9. The van der Waals surface area contributed by atoms with Crippen molar-refractivity contribution in [3.8, 4) is 0 Å². The molecule has 2 N–H and O–H groups in total. The molecule has 0 spiro atoms. The molecule has 0 unspecified atom stereocenters. The summed E-state index contributed by atoms with van der Waals surface area (Å²) >= 11 is 8.16. The molecule has 3 heterocycles. The van der Waals surface area contributed by atoms with Gasteiger partial charge < -0.3 is 9.67 Å². The number of benzene rings is 1. The summed E-state index contributed by atoms with van der Waals surface area (Å²) in [5, 5.41) is 27.4. The quantitative estimate of drug-likeness (QED) is 0.349. The highest BCUT2D eigenvalue weighted by molar-refractivity contribution is 7.10. The van der Waals surface area contributed by atoms with Crippen molar-refractivity contribution in [2.24, 2.45) is 0 Å². The van der Waals surface area contributed by atoms with Crippen LogP contribution in [0.2, 0.25) is 5.02 Å². The number of allylic oxidation sites excluding steroid dienone is 1. The van der Waals surface area contributed by atoms with E-state index in [1.54, 1.807) is 11.3 Å². The molecule has 0 radical (unpaired) electrons. The molecule has 0 aliphatic rings. The molecule has 4 aromatic rings. The van der Waals surface area contributed by atoms with Crippen LogP contribution in [0.15, 0.2) is 41.8 Å². The number of hydrogen-bond donors (Lipinski definition) is 2. The van der Waals surface area contributed by atoms with Gasteiger partial charge in [0.1, 0.15) is 5.82 Å². The van der Waals surface area contributed by atoms with Gasteiger partial charge in [-0.1, -0.05) is 49.2 Å². The van der Waals surface area contributed by atoms with Crippen molar-refractivity contribution in [1.29, 1.82) is 0 Å². The van der Waals surface area contributed by atoms with Gasteiger partial charge in [0.15, 0.2) is 5.82 Å². The van der Waals surface area contributed by atoms with E-state index in [0.29, 0.717) is 29.5 Å². The highest BCUT2D eigenvalue weighted by Gasteiger charge is 2.18. The molecule has 9 heteroatoms. The van der Waals surface area contributed by atoms with E-state index in [0.717, 1.165) is 41.9 Å². The Morgan fingerprint density at radius 2 is 2.12 bits per heavy atom. The van der Waals surface area contributed by atoms with Crippen LogP contribution in [-0.4, -0.2) is 35.3 Å². The van der Waals surface area contributed by atoms with Gasteiger partial charge in [-0.15, -0.1) is 16.4 Å². The first kappa shape index (κ1) is 22.4. The molecule has 4 rings (SSSR count). The first-order valence-electron chi connectivity index (χ1n) is 10.6. The Hall–Kier alpha value is -2.81. The van der Waals surface area contributed by atoms with Crippen molar-refractivity contribution < 1.29 is 5.11 Å². The molecule has 1 aromatic carbocycles. The Labute approximate surface area is 195 Å². The Morgan fingerprint density at radius 1 is 1.25 bits per heavy atom. The highest BCUT2D eigenvalue weighted by Crippen LogP contribution is 2.27. The van der Waals surface area contributed by atoms with Gasteiger partial charge >= 0.3 is 0 Å². The minimum atomic E-state index is -0.151. The molecule has 3 aromatic heterocycles. The fourth-order valence-electron chi connectivity index (χ4n) is 3.61. The van der Waals surface area contributed by atoms with Gasteiger partial charge in [0.05, 0.1) is 24.5 Å². The van der Waals surface area contributed by atoms with Crippen molar-refractivity contribution in [1.82, 2.24) is 30.2 Å². The number of unbranched alkanes of at least 4 members (excludes halogenated alkanes) is 1. The van der Waals surface area contributed by atoms with Crippen molar-refractivity contribution in [2.75, 3.05) is 0 Å². The maximum atomic E-state index is 10.1. The number of aliphatic hydroxyl groups is 1. The number of aromatic amines is 1. The minimum absolute atomic E-state index is 0.151. The van der Waals surface area contributed by atoms with E-state index in [9.17, 15) is 5.11 Å². The van der Waals surface area contributed by atoms with Crippen LogP contribution < -0.4 is 0 Å². The van der Waals surface area contributed by atoms with Crippen molar-refractivity contribution in [2.45, 2.75) is 45.8 Å². The van der Waals surface area contributed by atoms with Gasteiger partial charge in [0.25, 0.3) is 0 Å². The number of nitrogens with zero attached hydrogens (tertiary/aromatic N) is 5. The van der Waals surface area contributed by atoms with E-state index < -0.39 is 0 Å². The van der Waals surface area contributed by atoms with Crippen LogP contribution in [0.1, 0.15) is 53.2 Å². The van der Waals surface area contributed by atoms with Crippen LogP contribution in [0.4, 0.5) is 0 Å². The predicted molar refractivity (Wildman–Crippen MR) is 127 cm³/mol. The summed E-state index contributed by atoms with van der Waals surface area (Å²) in [6.45, 7) is 2.57. The molecule has 0 fully saturated rings. The fourth-order valence-corrected chi connectivity index (χ4v) is 4.53. The zero-order valence-corrected chi connectivity index (χ0v) is 19.4. The van der Waals surface area contributed by atoms with Crippen LogP contribution in [0.25, 0.3) is 11.6 Å². The standard InChI is InChI=1S/C23H25ClN6OS/c1-2-3-10-22-25-20(15-31)21(30(22)14-16-7-4-5-9-19(16)24)13-17(23-26-28-29-27-23)12-18-8-6-11-32-18/h4-9,11,13,31H,2-3,10,12,14-15H2,1H3,(H,26,27,28,29)/b17-13-. The maximum Gasteiger partial charge on any atom is 0.175 e. The second-order valence-electron chi connectivity index (χ2n) is 7.47. The zero-order chi connectivity index (χ0) is 22.3. The summed E-state index contributed by atoms with van der Waals surface area (Å²) < 4.78 is 2.15. The second kappa shape index (κ2) is 10.7. The van der Waals surface area contributed by atoms with Gasteiger partial charge in [-0.2, -0.15) is 0 Å². The molecule has 7 nitrogen and oxygen atoms in total. The lowest BCUT2D eigenvalue weighted by atomic mass is 10.1. The lowest BCUT2D eigenvalue weighted by Crippen LogP contribution is -2.08. The van der Waals surface area contributed by atoms with Gasteiger partial charge in [0.2, 0.25) is 0 Å². The Balaban J connectivity index is 1.83. The number of aryl methyl sites for hydroxylation is 1. The molecule has 0 saturated heterocycles. The first-order chi connectivity index (χ1) is 15.7. The Bertz CT molecular complexity index is 1170. The molecule has 32 heavy (non-hydrogen) atoms. The number of aliphatic hydroxyl groups excluding tert-OH is 1. The maximum absolute atomic E-state index is 10.1. The third-order valence-corrected chi connectivity index (χ3v) is 6.50. The average molecular weight is 469 g/mol. The summed E-state index contributed by atoms with van der Waals surface area (Å²) in [5.74, 6) is 1.54. The molecule has 0 bridgehead atoms. The molecule has 0 aliphatic carbocycles. The summed E-state index contributed by atoms with van der Waals surface area (Å²) in [6, 6.07) is 11.9. The van der Waals surface area contributed by atoms with Gasteiger partial charge in [-0.3, -0.25) is 0 Å². The second-order valence-corrected chi connectivity index (χ2v) is 8.91. The van der Waals surface area contributed by atoms with Crippen molar-refractivity contribution in [3.63, 3.8) is 0 Å². The number of rotatable bonds is 10. The number of tetrazole rings is 1. The third kappa shape index (κ3) is 5.15. The molecular formula is C23H25ClN6OS. The molecule has 0 amide bonds. The summed E-state index contributed by atoms with van der Waals surface area (Å²) in [7, 11) is 0. The van der Waals surface area contributed by atoms with Crippen LogP contribution >= 0.6 is 22.9 Å². The predicted octanol–water partition coefficient (Wildman–Crippen LogP) is 4.78. The number of thiophene rings is 1. The topological polar surface area (TPSA) is 92.5 Å². The third-order valence-electron chi connectivity index (χ3n) is 5.26. The van der Waals surface area contributed by atoms with E-state index in [-0.39, 0.29) is 6.61 Å². The highest BCUT2D eigenvalue weighted by atomic mass is 35.5. The number of halogens is 1. The zero-order valence-electron chi connectivity index (χ0n) is 17.8. The van der Waals surface area contributed by atoms with Crippen molar-refractivity contribution in [3.05, 3.63) is 80.3 Å². The summed E-state index contributed by atoms with van der Waals surface area (Å²) in [4.78, 5) is 5.99. The number of imidazole rings is 1. The number of nitrogens with one attached hydrogen (secondary N) is 1. The van der Waals surface area contributed by atoms with Crippen LogP contribution in [0.3, 0.4) is 0 Å². The SMILES string of the molecule is CCCCc1nc(CO)c(/C=C(/Cc2cccs2)c2nnn[nH]2)n1Cc1ccccc1Cl. The van der Waals surface area contributed by atoms with E-state index in [1.165, 1.54) is 4.88 Å². The van der Waals surface area contributed by atoms with Gasteiger partial charge in [0, 0.05) is 28.3 Å². The smallest absolute Gasteiger partial charge is 0.175 e. The monoisotopic (exact) mass is 468 g/mol. The Kier molecular flexibility index (Phi) is 7.47. The van der Waals surface area contributed by atoms with Gasteiger partial charge in [-0.05, 0) is 46.0 Å². The van der Waals surface area contributed by atoms with Crippen LogP contribution in [0, 0.1) is 0 Å². The first-order valence-corrected chi connectivity index (χ1v) is 11.8. The van der Waals surface area contributed by atoms with E-state index in [4.69, 9.17) is 16.6 Å².